The minimum atomic E-state index is 0.736. The lowest BCUT2D eigenvalue weighted by Gasteiger charge is -2.27. The van der Waals surface area contributed by atoms with E-state index in [9.17, 15) is 0 Å². The highest BCUT2D eigenvalue weighted by Crippen LogP contribution is 2.25. The van der Waals surface area contributed by atoms with E-state index in [0.29, 0.717) is 0 Å². The molecule has 0 unspecified atom stereocenters. The molecule has 0 spiro atoms. The van der Waals surface area contributed by atoms with Crippen molar-refractivity contribution in [3.05, 3.63) is 54.4 Å². The van der Waals surface area contributed by atoms with E-state index >= 15 is 0 Å². The molecule has 7 nitrogen and oxygen atoms in total. The molecule has 5 rings (SSSR count). The minimum Gasteiger partial charge on any atom is -0.378 e. The van der Waals surface area contributed by atoms with E-state index in [1.807, 2.05) is 40.4 Å². The van der Waals surface area contributed by atoms with Gasteiger partial charge in [0.25, 0.3) is 0 Å². The summed E-state index contributed by atoms with van der Waals surface area (Å²) in [6.45, 7) is 3.18. The van der Waals surface area contributed by atoms with Crippen molar-refractivity contribution in [3.63, 3.8) is 0 Å². The van der Waals surface area contributed by atoms with Crippen molar-refractivity contribution in [1.82, 2.24) is 19.4 Å². The third-order valence-corrected chi connectivity index (χ3v) is 5.30. The Balaban J connectivity index is 1.33. The van der Waals surface area contributed by atoms with Crippen molar-refractivity contribution < 1.29 is 4.74 Å². The molecule has 0 bridgehead atoms. The van der Waals surface area contributed by atoms with E-state index in [1.165, 1.54) is 0 Å². The fourth-order valence-corrected chi connectivity index (χ4v) is 3.82. The van der Waals surface area contributed by atoms with E-state index in [1.54, 1.807) is 17.7 Å². The van der Waals surface area contributed by atoms with Gasteiger partial charge in [-0.1, -0.05) is 12.1 Å². The molecule has 1 saturated heterocycles. The van der Waals surface area contributed by atoms with Crippen LogP contribution in [0.15, 0.2) is 54.4 Å². The first-order valence-corrected chi connectivity index (χ1v) is 9.67. The summed E-state index contributed by atoms with van der Waals surface area (Å²) in [4.78, 5) is 16.6. The standard InChI is InChI=1S/C19H18N6OS/c1-3-15(4-2-14(1)16-12-25-7-10-27-19(25)23-16)22-17-11-18(21-13-20-17)24-5-8-26-9-6-24/h1-4,7,10-13H,5-6,8-9H2,(H,20,21,22). The summed E-state index contributed by atoms with van der Waals surface area (Å²) in [5.74, 6) is 1.70. The molecular weight excluding hydrogens is 360 g/mol. The summed E-state index contributed by atoms with van der Waals surface area (Å²) in [6.07, 6.45) is 5.67. The lowest BCUT2D eigenvalue weighted by atomic mass is 10.1. The van der Waals surface area contributed by atoms with Gasteiger partial charge in [-0.3, -0.25) is 4.40 Å². The van der Waals surface area contributed by atoms with Gasteiger partial charge in [0.05, 0.1) is 18.9 Å². The Morgan fingerprint density at radius 2 is 1.93 bits per heavy atom. The number of imidazole rings is 1. The first-order chi connectivity index (χ1) is 13.3. The monoisotopic (exact) mass is 378 g/mol. The quantitative estimate of drug-likeness (QED) is 0.587. The summed E-state index contributed by atoms with van der Waals surface area (Å²) in [6, 6.07) is 10.2. The Kier molecular flexibility index (Phi) is 4.19. The Hall–Kier alpha value is -2.97. The highest BCUT2D eigenvalue weighted by atomic mass is 32.1. The van der Waals surface area contributed by atoms with Crippen molar-refractivity contribution in [2.75, 3.05) is 36.5 Å². The summed E-state index contributed by atoms with van der Waals surface area (Å²) < 4.78 is 7.44. The maximum absolute atomic E-state index is 5.40. The van der Waals surface area contributed by atoms with Crippen LogP contribution in [0.5, 0.6) is 0 Å². The smallest absolute Gasteiger partial charge is 0.194 e. The predicted molar refractivity (Wildman–Crippen MR) is 107 cm³/mol. The van der Waals surface area contributed by atoms with Crippen molar-refractivity contribution in [1.29, 1.82) is 0 Å². The number of aromatic nitrogens is 4. The average Bonchev–Trinajstić information content (AvgIpc) is 3.32. The second-order valence-corrected chi connectivity index (χ2v) is 7.16. The SMILES string of the molecule is c1nc(Nc2ccc(-c3cn4ccsc4n3)cc2)cc(N2CCOCC2)n1. The molecule has 8 heteroatoms. The number of nitrogens with one attached hydrogen (secondary N) is 1. The van der Waals surface area contributed by atoms with Crippen LogP contribution in [0, 0.1) is 0 Å². The lowest BCUT2D eigenvalue weighted by molar-refractivity contribution is 0.122. The fourth-order valence-electron chi connectivity index (χ4n) is 3.12. The molecule has 0 amide bonds. The predicted octanol–water partition coefficient (Wildman–Crippen LogP) is 3.43. The van der Waals surface area contributed by atoms with Gasteiger partial charge in [-0.2, -0.15) is 0 Å². The second-order valence-electron chi connectivity index (χ2n) is 6.28. The molecule has 0 saturated carbocycles. The maximum atomic E-state index is 5.40. The number of thiazole rings is 1. The number of nitrogens with zero attached hydrogens (tertiary/aromatic N) is 5. The number of morpholine rings is 1. The number of hydrogen-bond acceptors (Lipinski definition) is 7. The molecule has 4 aromatic rings. The zero-order chi connectivity index (χ0) is 18.1. The van der Waals surface area contributed by atoms with Gasteiger partial charge in [-0.15, -0.1) is 11.3 Å². The highest BCUT2D eigenvalue weighted by Gasteiger charge is 2.13. The van der Waals surface area contributed by atoms with Crippen LogP contribution >= 0.6 is 11.3 Å². The van der Waals surface area contributed by atoms with E-state index in [0.717, 1.165) is 59.8 Å². The molecule has 1 N–H and O–H groups in total. The van der Waals surface area contributed by atoms with Gasteiger partial charge in [-0.25, -0.2) is 15.0 Å². The fraction of sp³-hybridized carbons (Fsp3) is 0.211. The van der Waals surface area contributed by atoms with Gasteiger partial charge in [0.2, 0.25) is 0 Å². The molecular formula is C19H18N6OS. The van der Waals surface area contributed by atoms with Crippen molar-refractivity contribution in [2.24, 2.45) is 0 Å². The number of ether oxygens (including phenoxy) is 1. The van der Waals surface area contributed by atoms with E-state index < -0.39 is 0 Å². The van der Waals surface area contributed by atoms with Crippen LogP contribution in [0.1, 0.15) is 0 Å². The third kappa shape index (κ3) is 3.36. The van der Waals surface area contributed by atoms with Gasteiger partial charge in [0, 0.05) is 48.2 Å². The van der Waals surface area contributed by atoms with Crippen LogP contribution in [0.3, 0.4) is 0 Å². The number of anilines is 3. The second kappa shape index (κ2) is 6.98. The maximum Gasteiger partial charge on any atom is 0.194 e. The summed E-state index contributed by atoms with van der Waals surface area (Å²) >= 11 is 1.63. The number of rotatable bonds is 4. The molecule has 1 fully saturated rings. The molecule has 1 aliphatic heterocycles. The number of hydrogen-bond donors (Lipinski definition) is 1. The van der Waals surface area contributed by atoms with Crippen LogP contribution in [-0.2, 0) is 4.74 Å². The Morgan fingerprint density at radius 1 is 1.07 bits per heavy atom. The zero-order valence-corrected chi connectivity index (χ0v) is 15.4. The third-order valence-electron chi connectivity index (χ3n) is 4.53. The van der Waals surface area contributed by atoms with E-state index in [4.69, 9.17) is 4.74 Å². The molecule has 27 heavy (non-hydrogen) atoms. The van der Waals surface area contributed by atoms with Crippen molar-refractivity contribution in [2.45, 2.75) is 0 Å². The van der Waals surface area contributed by atoms with E-state index in [2.05, 4.69) is 37.3 Å². The molecule has 4 heterocycles. The summed E-state index contributed by atoms with van der Waals surface area (Å²) in [7, 11) is 0. The number of benzene rings is 1. The van der Waals surface area contributed by atoms with Gasteiger partial charge in [0.1, 0.15) is 18.0 Å². The van der Waals surface area contributed by atoms with Crippen LogP contribution in [0.4, 0.5) is 17.3 Å². The normalized spacial score (nSPS) is 14.6. The topological polar surface area (TPSA) is 67.6 Å². The molecule has 0 aliphatic carbocycles. The van der Waals surface area contributed by atoms with Crippen LogP contribution in [0.2, 0.25) is 0 Å². The molecule has 3 aromatic heterocycles. The first kappa shape index (κ1) is 16.2. The molecule has 0 radical (unpaired) electrons. The number of fused-ring (bicyclic) bond motifs is 1. The van der Waals surface area contributed by atoms with Gasteiger partial charge in [-0.05, 0) is 12.1 Å². The van der Waals surface area contributed by atoms with Crippen LogP contribution < -0.4 is 10.2 Å². The molecule has 0 atom stereocenters. The largest absolute Gasteiger partial charge is 0.378 e. The highest BCUT2D eigenvalue weighted by molar-refractivity contribution is 7.15. The Morgan fingerprint density at radius 3 is 2.74 bits per heavy atom. The first-order valence-electron chi connectivity index (χ1n) is 8.79. The van der Waals surface area contributed by atoms with Crippen molar-refractivity contribution in [3.8, 4) is 11.3 Å². The van der Waals surface area contributed by atoms with Crippen LogP contribution in [0.25, 0.3) is 16.2 Å². The van der Waals surface area contributed by atoms with Gasteiger partial charge in [0.15, 0.2) is 4.96 Å². The van der Waals surface area contributed by atoms with E-state index in [-0.39, 0.29) is 0 Å². The summed E-state index contributed by atoms with van der Waals surface area (Å²) in [5, 5.41) is 5.38. The van der Waals surface area contributed by atoms with Gasteiger partial charge >= 0.3 is 0 Å². The Bertz CT molecular complexity index is 1020. The zero-order valence-electron chi connectivity index (χ0n) is 14.6. The van der Waals surface area contributed by atoms with Gasteiger partial charge < -0.3 is 15.0 Å². The molecule has 1 aliphatic rings. The lowest BCUT2D eigenvalue weighted by Crippen LogP contribution is -2.36. The molecule has 1 aromatic carbocycles. The Labute approximate surface area is 160 Å². The van der Waals surface area contributed by atoms with Crippen molar-refractivity contribution >= 4 is 33.6 Å². The van der Waals surface area contributed by atoms with Crippen LogP contribution in [-0.4, -0.2) is 45.7 Å². The molecule has 136 valence electrons. The minimum absolute atomic E-state index is 0.736. The summed E-state index contributed by atoms with van der Waals surface area (Å²) in [5.41, 5.74) is 3.05. The average molecular weight is 378 g/mol.